The number of nitro groups is 1. The molecule has 0 unspecified atom stereocenters. The van der Waals surface area contributed by atoms with Gasteiger partial charge >= 0.3 is 0 Å². The maximum Gasteiger partial charge on any atom is 0.300 e. The molecule has 1 saturated heterocycles. The van der Waals surface area contributed by atoms with E-state index in [0.29, 0.717) is 0 Å². The van der Waals surface area contributed by atoms with Gasteiger partial charge in [0.15, 0.2) is 0 Å². The van der Waals surface area contributed by atoms with Gasteiger partial charge in [0.1, 0.15) is 30.0 Å². The highest BCUT2D eigenvalue weighted by atomic mass is 35.5. The predicted molar refractivity (Wildman–Crippen MR) is 65.0 cm³/mol. The number of nitrogens with one attached hydrogen (secondary N) is 1. The summed E-state index contributed by atoms with van der Waals surface area (Å²) in [6, 6.07) is 1.03. The summed E-state index contributed by atoms with van der Waals surface area (Å²) in [5, 5.41) is 12.8. The van der Waals surface area contributed by atoms with Crippen molar-refractivity contribution < 1.29 is 19.3 Å². The Bertz CT molecular complexity index is 616. The minimum atomic E-state index is -0.829. The number of rotatable bonds is 2. The maximum absolute atomic E-state index is 12.2. The van der Waals surface area contributed by atoms with Crippen LogP contribution in [0, 0.1) is 10.1 Å². The van der Waals surface area contributed by atoms with Gasteiger partial charge in [-0.1, -0.05) is 11.6 Å². The molecule has 1 aliphatic rings. The van der Waals surface area contributed by atoms with E-state index in [4.69, 9.17) is 11.6 Å². The van der Waals surface area contributed by atoms with Crippen LogP contribution in [0.4, 0.5) is 5.69 Å². The molecule has 1 aromatic heterocycles. The molecule has 20 heavy (non-hydrogen) atoms. The van der Waals surface area contributed by atoms with Crippen molar-refractivity contribution in [1.82, 2.24) is 15.2 Å². The van der Waals surface area contributed by atoms with E-state index in [1.165, 1.54) is 0 Å². The van der Waals surface area contributed by atoms with Gasteiger partial charge in [0.25, 0.3) is 11.6 Å². The normalized spacial score (nSPS) is 14.9. The van der Waals surface area contributed by atoms with Crippen LogP contribution in [0.25, 0.3) is 0 Å². The van der Waals surface area contributed by atoms with Crippen molar-refractivity contribution in [2.24, 2.45) is 0 Å². The predicted octanol–water partition coefficient (Wildman–Crippen LogP) is -0.258. The number of piperazine rings is 1. The Balaban J connectivity index is 2.37. The first-order valence-corrected chi connectivity index (χ1v) is 5.68. The van der Waals surface area contributed by atoms with Crippen LogP contribution in [0.1, 0.15) is 10.4 Å². The lowest BCUT2D eigenvalue weighted by molar-refractivity contribution is -0.385. The second kappa shape index (κ2) is 5.21. The molecule has 0 aliphatic carbocycles. The number of hydrogen-bond donors (Lipinski definition) is 1. The second-order valence-electron chi connectivity index (χ2n) is 3.91. The van der Waals surface area contributed by atoms with Crippen LogP contribution >= 0.6 is 11.6 Å². The molecule has 0 spiro atoms. The minimum absolute atomic E-state index is 0.105. The molecule has 2 heterocycles. The Morgan fingerprint density at radius 3 is 2.55 bits per heavy atom. The molecular formula is C10H7ClN4O5. The van der Waals surface area contributed by atoms with Gasteiger partial charge in [-0.25, -0.2) is 4.98 Å². The van der Waals surface area contributed by atoms with Gasteiger partial charge in [-0.3, -0.25) is 29.8 Å². The SMILES string of the molecule is O=C1CN(C(=O)c2cc(Cl)ncc2[N+](=O)[O-])CC(=O)N1. The summed E-state index contributed by atoms with van der Waals surface area (Å²) in [5.74, 6) is -2.14. The molecule has 0 radical (unpaired) electrons. The van der Waals surface area contributed by atoms with Crippen molar-refractivity contribution in [3.8, 4) is 0 Å². The number of nitrogens with zero attached hydrogens (tertiary/aromatic N) is 3. The molecule has 0 aromatic carbocycles. The smallest absolute Gasteiger partial charge is 0.300 e. The molecule has 3 amide bonds. The topological polar surface area (TPSA) is 123 Å². The summed E-state index contributed by atoms with van der Waals surface area (Å²) in [5.41, 5.74) is -0.865. The van der Waals surface area contributed by atoms with E-state index in [1.807, 2.05) is 5.32 Å². The van der Waals surface area contributed by atoms with Crippen LogP contribution in [0.3, 0.4) is 0 Å². The number of halogens is 1. The van der Waals surface area contributed by atoms with Crippen LogP contribution in [0.5, 0.6) is 0 Å². The molecule has 0 atom stereocenters. The molecule has 104 valence electrons. The number of carbonyl (C=O) groups excluding carboxylic acids is 3. The number of carbonyl (C=O) groups is 3. The highest BCUT2D eigenvalue weighted by molar-refractivity contribution is 6.29. The van der Waals surface area contributed by atoms with Crippen LogP contribution in [0.2, 0.25) is 5.15 Å². The molecule has 9 nitrogen and oxygen atoms in total. The van der Waals surface area contributed by atoms with E-state index >= 15 is 0 Å². The number of imide groups is 1. The van der Waals surface area contributed by atoms with E-state index < -0.39 is 28.3 Å². The molecule has 0 bridgehead atoms. The van der Waals surface area contributed by atoms with Crippen LogP contribution in [-0.4, -0.2) is 45.6 Å². The van der Waals surface area contributed by atoms with Crippen molar-refractivity contribution in [2.75, 3.05) is 13.1 Å². The Hall–Kier alpha value is -2.55. The molecule has 2 rings (SSSR count). The summed E-state index contributed by atoms with van der Waals surface area (Å²) in [4.78, 5) is 49.1. The highest BCUT2D eigenvalue weighted by Crippen LogP contribution is 2.22. The van der Waals surface area contributed by atoms with Crippen molar-refractivity contribution >= 4 is 35.0 Å². The zero-order chi connectivity index (χ0) is 14.9. The molecule has 1 fully saturated rings. The van der Waals surface area contributed by atoms with E-state index in [1.54, 1.807) is 0 Å². The van der Waals surface area contributed by atoms with E-state index in [0.717, 1.165) is 17.2 Å². The van der Waals surface area contributed by atoms with Gasteiger partial charge in [-0.15, -0.1) is 0 Å². The summed E-state index contributed by atoms with van der Waals surface area (Å²) in [6.45, 7) is -0.719. The molecular weight excluding hydrogens is 292 g/mol. The highest BCUT2D eigenvalue weighted by Gasteiger charge is 2.31. The van der Waals surface area contributed by atoms with Crippen molar-refractivity contribution in [2.45, 2.75) is 0 Å². The average Bonchev–Trinajstić information content (AvgIpc) is 2.36. The largest absolute Gasteiger partial charge is 0.320 e. The number of aromatic nitrogens is 1. The Kier molecular flexibility index (Phi) is 3.61. The first kappa shape index (κ1) is 13.9. The molecule has 1 aromatic rings. The van der Waals surface area contributed by atoms with Gasteiger partial charge in [0.05, 0.1) is 4.92 Å². The fourth-order valence-electron chi connectivity index (χ4n) is 1.69. The lowest BCUT2D eigenvalue weighted by Crippen LogP contribution is -2.53. The maximum atomic E-state index is 12.2. The van der Waals surface area contributed by atoms with E-state index in [2.05, 4.69) is 4.98 Å². The van der Waals surface area contributed by atoms with Gasteiger partial charge in [0, 0.05) is 0 Å². The Morgan fingerprint density at radius 2 is 2.00 bits per heavy atom. The second-order valence-corrected chi connectivity index (χ2v) is 4.30. The number of amides is 3. The van der Waals surface area contributed by atoms with E-state index in [9.17, 15) is 24.5 Å². The number of hydrogen-bond acceptors (Lipinski definition) is 6. The summed E-state index contributed by atoms with van der Waals surface area (Å²) in [6.07, 6.45) is 0.849. The van der Waals surface area contributed by atoms with Crippen LogP contribution in [0.15, 0.2) is 12.3 Å². The quantitative estimate of drug-likeness (QED) is 0.347. The molecule has 1 aliphatic heterocycles. The first-order chi connectivity index (χ1) is 9.38. The number of pyridine rings is 1. The van der Waals surface area contributed by atoms with Crippen molar-refractivity contribution in [1.29, 1.82) is 0 Å². The van der Waals surface area contributed by atoms with Gasteiger partial charge in [0.2, 0.25) is 11.8 Å². The van der Waals surface area contributed by atoms with E-state index in [-0.39, 0.29) is 23.8 Å². The summed E-state index contributed by atoms with van der Waals surface area (Å²) >= 11 is 5.61. The lowest BCUT2D eigenvalue weighted by atomic mass is 10.2. The first-order valence-electron chi connectivity index (χ1n) is 5.30. The zero-order valence-corrected chi connectivity index (χ0v) is 10.6. The summed E-state index contributed by atoms with van der Waals surface area (Å²) < 4.78 is 0. The van der Waals surface area contributed by atoms with Crippen LogP contribution in [-0.2, 0) is 9.59 Å². The van der Waals surface area contributed by atoms with Gasteiger partial charge in [-0.05, 0) is 6.07 Å². The molecule has 10 heteroatoms. The van der Waals surface area contributed by atoms with Crippen molar-refractivity contribution in [3.05, 3.63) is 33.1 Å². The standard InChI is InChI=1S/C10H7ClN4O5/c11-7-1-5(6(2-12-7)15(19)20)10(18)14-3-8(16)13-9(17)4-14/h1-2H,3-4H2,(H,13,16,17). The Morgan fingerprint density at radius 1 is 1.40 bits per heavy atom. The van der Waals surface area contributed by atoms with Gasteiger partial charge < -0.3 is 4.90 Å². The molecule has 0 saturated carbocycles. The third kappa shape index (κ3) is 2.72. The average molecular weight is 299 g/mol. The molecule has 1 N–H and O–H groups in total. The summed E-state index contributed by atoms with van der Waals surface area (Å²) in [7, 11) is 0. The fourth-order valence-corrected chi connectivity index (χ4v) is 1.85. The Labute approximate surface area is 116 Å². The third-order valence-corrected chi connectivity index (χ3v) is 2.72. The lowest BCUT2D eigenvalue weighted by Gasteiger charge is -2.25. The third-order valence-electron chi connectivity index (χ3n) is 2.51. The fraction of sp³-hybridized carbons (Fsp3) is 0.200. The minimum Gasteiger partial charge on any atom is -0.320 e. The van der Waals surface area contributed by atoms with Crippen LogP contribution < -0.4 is 5.32 Å². The zero-order valence-electron chi connectivity index (χ0n) is 9.83. The van der Waals surface area contributed by atoms with Crippen molar-refractivity contribution in [3.63, 3.8) is 0 Å². The monoisotopic (exact) mass is 298 g/mol. The van der Waals surface area contributed by atoms with Gasteiger partial charge in [-0.2, -0.15) is 0 Å².